The Bertz CT molecular complexity index is 701. The summed E-state index contributed by atoms with van der Waals surface area (Å²) in [4.78, 5) is 28.3. The summed E-state index contributed by atoms with van der Waals surface area (Å²) in [5, 5.41) is 10.9. The van der Waals surface area contributed by atoms with Crippen molar-refractivity contribution in [1.29, 1.82) is 0 Å². The SMILES string of the molecule is CN1C(=O)C(C)(C)C(C)(c2cc([N+](=O)[O-])ccc2F)N=C1N. The number of amides is 1. The molecule has 2 N–H and O–H groups in total. The molecule has 1 amide bonds. The smallest absolute Gasteiger partial charge is 0.270 e. The lowest BCUT2D eigenvalue weighted by Gasteiger charge is -2.46. The lowest BCUT2D eigenvalue weighted by molar-refractivity contribution is -0.385. The van der Waals surface area contributed by atoms with Crippen LogP contribution < -0.4 is 5.73 Å². The van der Waals surface area contributed by atoms with Gasteiger partial charge >= 0.3 is 0 Å². The van der Waals surface area contributed by atoms with Crippen molar-refractivity contribution in [2.24, 2.45) is 16.1 Å². The molecule has 0 aliphatic carbocycles. The van der Waals surface area contributed by atoms with E-state index >= 15 is 0 Å². The highest BCUT2D eigenvalue weighted by Gasteiger charge is 2.54. The molecule has 0 fully saturated rings. The number of rotatable bonds is 2. The fourth-order valence-electron chi connectivity index (χ4n) is 2.57. The summed E-state index contributed by atoms with van der Waals surface area (Å²) in [7, 11) is 1.48. The summed E-state index contributed by atoms with van der Waals surface area (Å²) in [6.45, 7) is 4.77. The highest BCUT2D eigenvalue weighted by Crippen LogP contribution is 2.47. The number of hydrogen-bond acceptors (Lipinski definition) is 5. The van der Waals surface area contributed by atoms with E-state index in [4.69, 9.17) is 5.73 Å². The molecule has 22 heavy (non-hydrogen) atoms. The van der Waals surface area contributed by atoms with Crippen LogP contribution in [-0.4, -0.2) is 28.7 Å². The van der Waals surface area contributed by atoms with Crippen LogP contribution in [0, 0.1) is 21.3 Å². The number of benzene rings is 1. The van der Waals surface area contributed by atoms with Crippen LogP contribution in [0.2, 0.25) is 0 Å². The molecule has 7 nitrogen and oxygen atoms in total. The summed E-state index contributed by atoms with van der Waals surface area (Å²) >= 11 is 0. The molecule has 0 saturated heterocycles. The van der Waals surface area contributed by atoms with Gasteiger partial charge in [-0.05, 0) is 26.8 Å². The van der Waals surface area contributed by atoms with Crippen LogP contribution in [0.1, 0.15) is 26.3 Å². The van der Waals surface area contributed by atoms with Crippen molar-refractivity contribution in [2.75, 3.05) is 7.05 Å². The Hall–Kier alpha value is -2.51. The minimum atomic E-state index is -1.35. The Labute approximate surface area is 126 Å². The number of halogens is 1. The van der Waals surface area contributed by atoms with Crippen LogP contribution in [-0.2, 0) is 10.3 Å². The van der Waals surface area contributed by atoms with Crippen molar-refractivity contribution < 1.29 is 14.1 Å². The van der Waals surface area contributed by atoms with Crippen LogP contribution in [0.4, 0.5) is 10.1 Å². The fraction of sp³-hybridized carbons (Fsp3) is 0.429. The summed E-state index contributed by atoms with van der Waals surface area (Å²) in [6, 6.07) is 3.18. The molecule has 0 saturated carbocycles. The lowest BCUT2D eigenvalue weighted by Crippen LogP contribution is -2.58. The predicted molar refractivity (Wildman–Crippen MR) is 78.6 cm³/mol. The Kier molecular flexibility index (Phi) is 3.43. The number of carbonyl (C=O) groups is 1. The van der Waals surface area contributed by atoms with Gasteiger partial charge in [0.1, 0.15) is 11.4 Å². The average molecular weight is 308 g/mol. The number of nitrogens with zero attached hydrogens (tertiary/aromatic N) is 3. The Balaban J connectivity index is 2.76. The van der Waals surface area contributed by atoms with E-state index in [1.165, 1.54) is 11.9 Å². The minimum Gasteiger partial charge on any atom is -0.369 e. The van der Waals surface area contributed by atoms with Crippen molar-refractivity contribution >= 4 is 17.6 Å². The zero-order chi connectivity index (χ0) is 16.9. The van der Waals surface area contributed by atoms with Gasteiger partial charge in [0.15, 0.2) is 5.96 Å². The number of hydrogen-bond donors (Lipinski definition) is 1. The van der Waals surface area contributed by atoms with Gasteiger partial charge in [0, 0.05) is 24.7 Å². The molecule has 0 bridgehead atoms. The Morgan fingerprint density at radius 1 is 1.36 bits per heavy atom. The third-order valence-corrected chi connectivity index (χ3v) is 4.42. The van der Waals surface area contributed by atoms with E-state index < -0.39 is 21.7 Å². The van der Waals surface area contributed by atoms with Crippen LogP contribution in [0.25, 0.3) is 0 Å². The van der Waals surface area contributed by atoms with Crippen molar-refractivity contribution in [3.05, 3.63) is 39.7 Å². The van der Waals surface area contributed by atoms with E-state index in [-0.39, 0.29) is 23.1 Å². The largest absolute Gasteiger partial charge is 0.369 e. The van der Waals surface area contributed by atoms with E-state index in [1.807, 2.05) is 0 Å². The van der Waals surface area contributed by atoms with Gasteiger partial charge in [-0.1, -0.05) is 0 Å². The van der Waals surface area contributed by atoms with Crippen LogP contribution in [0.5, 0.6) is 0 Å². The highest BCUT2D eigenvalue weighted by molar-refractivity contribution is 6.01. The van der Waals surface area contributed by atoms with Gasteiger partial charge in [-0.15, -0.1) is 0 Å². The first-order chi connectivity index (χ1) is 10.0. The zero-order valence-corrected chi connectivity index (χ0v) is 12.8. The van der Waals surface area contributed by atoms with Gasteiger partial charge < -0.3 is 5.73 Å². The molecule has 118 valence electrons. The zero-order valence-electron chi connectivity index (χ0n) is 12.8. The van der Waals surface area contributed by atoms with Gasteiger partial charge in [-0.3, -0.25) is 19.8 Å². The molecule has 1 aliphatic rings. The maximum Gasteiger partial charge on any atom is 0.270 e. The number of nitrogens with two attached hydrogens (primary N) is 1. The van der Waals surface area contributed by atoms with Crippen molar-refractivity contribution in [3.8, 4) is 0 Å². The topological polar surface area (TPSA) is 102 Å². The monoisotopic (exact) mass is 308 g/mol. The first-order valence-electron chi connectivity index (χ1n) is 6.60. The molecule has 8 heteroatoms. The summed E-state index contributed by atoms with van der Waals surface area (Å²) < 4.78 is 14.3. The summed E-state index contributed by atoms with van der Waals surface area (Å²) in [6.07, 6.45) is 0. The minimum absolute atomic E-state index is 0.0314. The number of guanidine groups is 1. The van der Waals surface area contributed by atoms with Crippen molar-refractivity contribution in [2.45, 2.75) is 26.3 Å². The van der Waals surface area contributed by atoms with E-state index in [1.54, 1.807) is 20.8 Å². The fourth-order valence-corrected chi connectivity index (χ4v) is 2.57. The summed E-state index contributed by atoms with van der Waals surface area (Å²) in [5.41, 5.74) is 2.97. The standard InChI is InChI=1S/C14H17FN4O3/c1-13(2)11(20)18(4)12(16)17-14(13,3)9-7-8(19(21)22)5-6-10(9)15/h5-7H,1-4H3,(H2,16,17). The van der Waals surface area contributed by atoms with Gasteiger partial charge in [0.2, 0.25) is 5.91 Å². The van der Waals surface area contributed by atoms with Crippen molar-refractivity contribution in [3.63, 3.8) is 0 Å². The second-order valence-corrected chi connectivity index (χ2v) is 5.95. The van der Waals surface area contributed by atoms with E-state index in [9.17, 15) is 19.3 Å². The first kappa shape index (κ1) is 15.9. The molecular formula is C14H17FN4O3. The van der Waals surface area contributed by atoms with Crippen LogP contribution >= 0.6 is 0 Å². The first-order valence-corrected chi connectivity index (χ1v) is 6.60. The second kappa shape index (κ2) is 4.75. The maximum atomic E-state index is 14.3. The normalized spacial score (nSPS) is 24.1. The van der Waals surface area contributed by atoms with E-state index in [2.05, 4.69) is 4.99 Å². The van der Waals surface area contributed by atoms with E-state index in [0.29, 0.717) is 0 Å². The maximum absolute atomic E-state index is 14.3. The third kappa shape index (κ3) is 2.02. The predicted octanol–water partition coefficient (Wildman–Crippen LogP) is 1.76. The lowest BCUT2D eigenvalue weighted by atomic mass is 9.67. The number of carbonyl (C=O) groups excluding carboxylic acids is 1. The van der Waals surface area contributed by atoms with Crippen molar-refractivity contribution in [1.82, 2.24) is 4.90 Å². The molecular weight excluding hydrogens is 291 g/mol. The number of non-ortho nitro benzene ring substituents is 1. The highest BCUT2D eigenvalue weighted by atomic mass is 19.1. The second-order valence-electron chi connectivity index (χ2n) is 5.95. The summed E-state index contributed by atoms with van der Waals surface area (Å²) in [5.74, 6) is -1.07. The molecule has 1 aliphatic heterocycles. The Morgan fingerprint density at radius 2 is 1.95 bits per heavy atom. The quantitative estimate of drug-likeness (QED) is 0.664. The number of aliphatic imine (C=N–C) groups is 1. The Morgan fingerprint density at radius 3 is 2.50 bits per heavy atom. The molecule has 1 aromatic carbocycles. The van der Waals surface area contributed by atoms with Crippen LogP contribution in [0.3, 0.4) is 0 Å². The van der Waals surface area contributed by atoms with Crippen LogP contribution in [0.15, 0.2) is 23.2 Å². The molecule has 1 aromatic rings. The van der Waals surface area contributed by atoms with Gasteiger partial charge in [0.25, 0.3) is 5.69 Å². The number of nitro groups is 1. The molecule has 2 rings (SSSR count). The molecule has 1 unspecified atom stereocenters. The molecule has 0 aromatic heterocycles. The van der Waals surface area contributed by atoms with E-state index in [0.717, 1.165) is 18.2 Å². The average Bonchev–Trinajstić information content (AvgIpc) is 2.43. The van der Waals surface area contributed by atoms with Gasteiger partial charge in [-0.2, -0.15) is 0 Å². The number of nitro benzene ring substituents is 1. The van der Waals surface area contributed by atoms with Gasteiger partial charge in [-0.25, -0.2) is 9.38 Å². The molecule has 0 spiro atoms. The third-order valence-electron chi connectivity index (χ3n) is 4.42. The molecule has 1 heterocycles. The molecule has 0 radical (unpaired) electrons. The molecule has 1 atom stereocenters. The van der Waals surface area contributed by atoms with Gasteiger partial charge in [0.05, 0.1) is 10.3 Å².